The largest absolute Gasteiger partial charge is 0.303 e. The summed E-state index contributed by atoms with van der Waals surface area (Å²) in [4.78, 5) is 10.4. The van der Waals surface area contributed by atoms with Gasteiger partial charge in [0.2, 0.25) is 0 Å². The molecule has 0 aromatic heterocycles. The Labute approximate surface area is 155 Å². The fourth-order valence-electron chi connectivity index (χ4n) is 3.07. The van der Waals surface area contributed by atoms with E-state index in [0.29, 0.717) is 18.3 Å². The Kier molecular flexibility index (Phi) is 10.1. The number of aldehydes is 1. The highest BCUT2D eigenvalue weighted by atomic mass is 16.1. The standard InChI is InChI=1S/C24H36O/c1-19(2)12-14-21(4)23-10-8-11-24(17-16-23)22(5)15-13-20(3)9-6-7-18-25/h8,10,12,14,16-18,20,22H,6-7,9,11,13,15H2,1-5H3/b21-14+. The van der Waals surface area contributed by atoms with Crippen molar-refractivity contribution in [3.8, 4) is 0 Å². The van der Waals surface area contributed by atoms with Gasteiger partial charge in [-0.3, -0.25) is 0 Å². The van der Waals surface area contributed by atoms with Gasteiger partial charge in [-0.25, -0.2) is 0 Å². The first-order valence-electron chi connectivity index (χ1n) is 9.77. The molecular weight excluding hydrogens is 304 g/mol. The van der Waals surface area contributed by atoms with E-state index in [2.05, 4.69) is 71.1 Å². The first-order valence-corrected chi connectivity index (χ1v) is 9.77. The summed E-state index contributed by atoms with van der Waals surface area (Å²) in [6.45, 7) is 11.1. The summed E-state index contributed by atoms with van der Waals surface area (Å²) in [6, 6.07) is 0. The van der Waals surface area contributed by atoms with Gasteiger partial charge in [-0.2, -0.15) is 0 Å². The molecule has 1 aliphatic carbocycles. The topological polar surface area (TPSA) is 17.1 Å². The van der Waals surface area contributed by atoms with Crippen LogP contribution in [0.25, 0.3) is 0 Å². The van der Waals surface area contributed by atoms with Gasteiger partial charge in [0.15, 0.2) is 0 Å². The molecule has 2 unspecified atom stereocenters. The fraction of sp³-hybridized carbons (Fsp3) is 0.542. The van der Waals surface area contributed by atoms with Crippen molar-refractivity contribution in [2.45, 2.75) is 73.1 Å². The first kappa shape index (κ1) is 21.4. The highest BCUT2D eigenvalue weighted by Gasteiger charge is 2.11. The lowest BCUT2D eigenvalue weighted by molar-refractivity contribution is -0.107. The molecule has 1 heteroatoms. The summed E-state index contributed by atoms with van der Waals surface area (Å²) in [5, 5.41) is 0. The predicted octanol–water partition coefficient (Wildman–Crippen LogP) is 7.13. The number of rotatable bonds is 10. The molecule has 0 fully saturated rings. The highest BCUT2D eigenvalue weighted by molar-refractivity contribution is 5.49. The number of hydrogen-bond donors (Lipinski definition) is 0. The maximum absolute atomic E-state index is 10.4. The minimum Gasteiger partial charge on any atom is -0.303 e. The third kappa shape index (κ3) is 8.86. The minimum absolute atomic E-state index is 0.621. The number of carbonyl (C=O) groups is 1. The second-order valence-corrected chi connectivity index (χ2v) is 7.74. The normalized spacial score (nSPS) is 17.2. The van der Waals surface area contributed by atoms with Crippen molar-refractivity contribution in [2.75, 3.05) is 0 Å². The van der Waals surface area contributed by atoms with Gasteiger partial charge >= 0.3 is 0 Å². The Hall–Kier alpha value is -1.63. The molecule has 0 aromatic rings. The Morgan fingerprint density at radius 3 is 2.52 bits per heavy atom. The van der Waals surface area contributed by atoms with Crippen molar-refractivity contribution >= 4 is 6.29 Å². The summed E-state index contributed by atoms with van der Waals surface area (Å²) in [5.41, 5.74) is 5.47. The minimum atomic E-state index is 0.621. The second kappa shape index (κ2) is 11.8. The molecule has 25 heavy (non-hydrogen) atoms. The molecular formula is C24H36O. The summed E-state index contributed by atoms with van der Waals surface area (Å²) < 4.78 is 0. The zero-order valence-corrected chi connectivity index (χ0v) is 16.8. The summed E-state index contributed by atoms with van der Waals surface area (Å²) in [7, 11) is 0. The van der Waals surface area contributed by atoms with E-state index in [1.807, 2.05) is 0 Å². The van der Waals surface area contributed by atoms with Gasteiger partial charge in [-0.15, -0.1) is 0 Å². The van der Waals surface area contributed by atoms with Crippen LogP contribution in [0.5, 0.6) is 0 Å². The van der Waals surface area contributed by atoms with E-state index in [9.17, 15) is 4.79 Å². The van der Waals surface area contributed by atoms with Gasteiger partial charge in [-0.1, -0.05) is 74.3 Å². The molecule has 0 aromatic carbocycles. The molecule has 0 spiro atoms. The van der Waals surface area contributed by atoms with Gasteiger partial charge in [0, 0.05) is 6.42 Å². The van der Waals surface area contributed by atoms with Crippen LogP contribution in [0, 0.1) is 11.8 Å². The van der Waals surface area contributed by atoms with Crippen LogP contribution in [-0.4, -0.2) is 6.29 Å². The monoisotopic (exact) mass is 340 g/mol. The molecule has 0 saturated carbocycles. The lowest BCUT2D eigenvalue weighted by atomic mass is 9.89. The highest BCUT2D eigenvalue weighted by Crippen LogP contribution is 2.27. The molecule has 1 nitrogen and oxygen atoms in total. The maximum atomic E-state index is 10.4. The van der Waals surface area contributed by atoms with E-state index in [-0.39, 0.29) is 0 Å². The molecule has 0 amide bonds. The lowest BCUT2D eigenvalue weighted by Crippen LogP contribution is -2.03. The summed E-state index contributed by atoms with van der Waals surface area (Å²) >= 11 is 0. The average Bonchev–Trinajstić information content (AvgIpc) is 2.84. The van der Waals surface area contributed by atoms with E-state index >= 15 is 0 Å². The van der Waals surface area contributed by atoms with Crippen LogP contribution in [0.3, 0.4) is 0 Å². The van der Waals surface area contributed by atoms with Crippen LogP contribution in [0.1, 0.15) is 73.1 Å². The van der Waals surface area contributed by atoms with Crippen molar-refractivity contribution in [1.29, 1.82) is 0 Å². The van der Waals surface area contributed by atoms with Gasteiger partial charge < -0.3 is 4.79 Å². The van der Waals surface area contributed by atoms with Crippen LogP contribution < -0.4 is 0 Å². The molecule has 138 valence electrons. The zero-order chi connectivity index (χ0) is 18.7. The number of unbranched alkanes of at least 4 members (excludes halogenated alkanes) is 1. The molecule has 0 bridgehead atoms. The molecule has 1 aliphatic rings. The molecule has 0 aliphatic heterocycles. The van der Waals surface area contributed by atoms with Crippen LogP contribution in [-0.2, 0) is 4.79 Å². The summed E-state index contributed by atoms with van der Waals surface area (Å²) in [6.07, 6.45) is 21.0. The zero-order valence-electron chi connectivity index (χ0n) is 16.8. The van der Waals surface area contributed by atoms with E-state index in [1.54, 1.807) is 0 Å². The van der Waals surface area contributed by atoms with Crippen LogP contribution in [0.4, 0.5) is 0 Å². The van der Waals surface area contributed by atoms with Gasteiger partial charge in [0.1, 0.15) is 6.29 Å². The predicted molar refractivity (Wildman–Crippen MR) is 111 cm³/mol. The van der Waals surface area contributed by atoms with Gasteiger partial charge in [0.25, 0.3) is 0 Å². The summed E-state index contributed by atoms with van der Waals surface area (Å²) in [5.74, 6) is 1.33. The molecule has 0 radical (unpaired) electrons. The molecule has 1 rings (SSSR count). The SMILES string of the molecule is CC(C)=C/C=C(\C)C1=CC=C(C(C)CCC(C)CCCC=O)CC=C1. The molecule has 2 atom stereocenters. The third-order valence-corrected chi connectivity index (χ3v) is 4.99. The van der Waals surface area contributed by atoms with Crippen LogP contribution >= 0.6 is 0 Å². The number of carbonyl (C=O) groups excluding carboxylic acids is 1. The van der Waals surface area contributed by atoms with Crippen molar-refractivity contribution in [3.05, 3.63) is 58.7 Å². The van der Waals surface area contributed by atoms with Crippen molar-refractivity contribution < 1.29 is 4.79 Å². The Morgan fingerprint density at radius 2 is 1.84 bits per heavy atom. The van der Waals surface area contributed by atoms with Crippen LogP contribution in [0.2, 0.25) is 0 Å². The Morgan fingerprint density at radius 1 is 1.08 bits per heavy atom. The quantitative estimate of drug-likeness (QED) is 0.235. The second-order valence-electron chi connectivity index (χ2n) is 7.74. The van der Waals surface area contributed by atoms with E-state index in [1.165, 1.54) is 41.6 Å². The Bertz CT molecular complexity index is 565. The van der Waals surface area contributed by atoms with E-state index < -0.39 is 0 Å². The van der Waals surface area contributed by atoms with Crippen LogP contribution in [0.15, 0.2) is 58.7 Å². The fourth-order valence-corrected chi connectivity index (χ4v) is 3.07. The molecule has 0 saturated heterocycles. The first-order chi connectivity index (χ1) is 11.9. The smallest absolute Gasteiger partial charge is 0.119 e. The van der Waals surface area contributed by atoms with Crippen molar-refractivity contribution in [1.82, 2.24) is 0 Å². The number of hydrogen-bond acceptors (Lipinski definition) is 1. The number of allylic oxidation sites excluding steroid dienone is 10. The van der Waals surface area contributed by atoms with Crippen molar-refractivity contribution in [2.24, 2.45) is 11.8 Å². The van der Waals surface area contributed by atoms with Crippen molar-refractivity contribution in [3.63, 3.8) is 0 Å². The van der Waals surface area contributed by atoms with Gasteiger partial charge in [0.05, 0.1) is 0 Å². The lowest BCUT2D eigenvalue weighted by Gasteiger charge is -2.17. The average molecular weight is 341 g/mol. The molecule has 0 N–H and O–H groups in total. The van der Waals surface area contributed by atoms with Gasteiger partial charge in [-0.05, 0) is 63.0 Å². The van der Waals surface area contributed by atoms with E-state index in [0.717, 1.165) is 19.1 Å². The molecule has 0 heterocycles. The third-order valence-electron chi connectivity index (χ3n) is 4.99. The Balaban J connectivity index is 2.61. The van der Waals surface area contributed by atoms with E-state index in [4.69, 9.17) is 0 Å². The maximum Gasteiger partial charge on any atom is 0.119 e.